The Kier molecular flexibility index (Phi) is 4.24. The quantitative estimate of drug-likeness (QED) is 0.868. The van der Waals surface area contributed by atoms with Gasteiger partial charge in [-0.15, -0.1) is 0 Å². The zero-order chi connectivity index (χ0) is 17.3. The molecular formula is C20H24N2O3. The monoisotopic (exact) mass is 340 g/mol. The molecular weight excluding hydrogens is 316 g/mol. The van der Waals surface area contributed by atoms with Crippen LogP contribution in [0, 0.1) is 0 Å². The Bertz CT molecular complexity index is 741. The van der Waals surface area contributed by atoms with Crippen molar-refractivity contribution < 1.29 is 13.9 Å². The van der Waals surface area contributed by atoms with Crippen LogP contribution < -0.4 is 10.1 Å². The van der Waals surface area contributed by atoms with E-state index >= 15 is 0 Å². The van der Waals surface area contributed by atoms with E-state index in [1.54, 1.807) is 7.11 Å². The average Bonchev–Trinajstić information content (AvgIpc) is 3.19. The Balaban J connectivity index is 1.49. The van der Waals surface area contributed by atoms with Gasteiger partial charge in [-0.1, -0.05) is 25.0 Å². The number of methoxy groups -OCH3 is 1. The van der Waals surface area contributed by atoms with Crippen LogP contribution in [0.15, 0.2) is 35.1 Å². The van der Waals surface area contributed by atoms with Gasteiger partial charge in [0.1, 0.15) is 11.5 Å². The number of benzene rings is 1. The summed E-state index contributed by atoms with van der Waals surface area (Å²) in [5.74, 6) is 1.88. The third-order valence-electron chi connectivity index (χ3n) is 5.61. The first-order valence-electron chi connectivity index (χ1n) is 9.08. The van der Waals surface area contributed by atoms with Crippen molar-refractivity contribution in [1.82, 2.24) is 10.3 Å². The molecule has 0 atom stereocenters. The highest BCUT2D eigenvalue weighted by Crippen LogP contribution is 2.42. The number of hydrogen-bond acceptors (Lipinski definition) is 4. The van der Waals surface area contributed by atoms with E-state index in [1.165, 1.54) is 24.8 Å². The molecule has 0 radical (unpaired) electrons. The molecule has 1 heterocycles. The summed E-state index contributed by atoms with van der Waals surface area (Å²) < 4.78 is 10.7. The standard InChI is InChI=1S/C20H24N2O3/c1-24-16-8-6-15(7-9-16)20(10-2-3-11-20)12-21-19(23)17-18(14-4-5-14)25-13-22-17/h6-9,13-14H,2-5,10-12H2,1H3,(H,21,23). The van der Waals surface area contributed by atoms with Crippen molar-refractivity contribution in [2.24, 2.45) is 0 Å². The van der Waals surface area contributed by atoms with Crippen molar-refractivity contribution in [2.45, 2.75) is 49.9 Å². The Morgan fingerprint density at radius 1 is 1.28 bits per heavy atom. The molecule has 0 unspecified atom stereocenters. The third kappa shape index (κ3) is 3.15. The Hall–Kier alpha value is -2.30. The van der Waals surface area contributed by atoms with Crippen LogP contribution in [0.5, 0.6) is 5.75 Å². The van der Waals surface area contributed by atoms with E-state index in [1.807, 2.05) is 12.1 Å². The van der Waals surface area contributed by atoms with Gasteiger partial charge in [-0.25, -0.2) is 4.98 Å². The topological polar surface area (TPSA) is 64.4 Å². The molecule has 25 heavy (non-hydrogen) atoms. The summed E-state index contributed by atoms with van der Waals surface area (Å²) in [6.07, 6.45) is 8.13. The van der Waals surface area contributed by atoms with Crippen LogP contribution in [0.1, 0.15) is 66.3 Å². The smallest absolute Gasteiger partial charge is 0.273 e. The Morgan fingerprint density at radius 2 is 2.00 bits per heavy atom. The molecule has 5 nitrogen and oxygen atoms in total. The van der Waals surface area contributed by atoms with E-state index in [0.29, 0.717) is 18.2 Å². The molecule has 1 aromatic heterocycles. The maximum Gasteiger partial charge on any atom is 0.273 e. The zero-order valence-electron chi connectivity index (χ0n) is 14.6. The minimum Gasteiger partial charge on any atom is -0.497 e. The SMILES string of the molecule is COc1ccc(C2(CNC(=O)c3ncoc3C3CC3)CCCC2)cc1. The number of carbonyl (C=O) groups is 1. The van der Waals surface area contributed by atoms with Crippen molar-refractivity contribution in [3.8, 4) is 5.75 Å². The van der Waals surface area contributed by atoms with E-state index in [0.717, 1.165) is 37.2 Å². The first-order chi connectivity index (χ1) is 12.2. The fraction of sp³-hybridized carbons (Fsp3) is 0.500. The summed E-state index contributed by atoms with van der Waals surface area (Å²) in [6, 6.07) is 8.25. The lowest BCUT2D eigenvalue weighted by molar-refractivity contribution is 0.0936. The van der Waals surface area contributed by atoms with Crippen LogP contribution in [0.25, 0.3) is 0 Å². The molecule has 132 valence electrons. The van der Waals surface area contributed by atoms with Crippen molar-refractivity contribution >= 4 is 5.91 Å². The first kappa shape index (κ1) is 16.2. The number of ether oxygens (including phenoxy) is 1. The summed E-state index contributed by atoms with van der Waals surface area (Å²) in [7, 11) is 1.68. The molecule has 1 aromatic carbocycles. The summed E-state index contributed by atoms with van der Waals surface area (Å²) >= 11 is 0. The van der Waals surface area contributed by atoms with Gasteiger partial charge in [-0.2, -0.15) is 0 Å². The number of aromatic nitrogens is 1. The maximum absolute atomic E-state index is 12.6. The third-order valence-corrected chi connectivity index (χ3v) is 5.61. The van der Waals surface area contributed by atoms with E-state index in [9.17, 15) is 4.79 Å². The van der Waals surface area contributed by atoms with Gasteiger partial charge < -0.3 is 14.5 Å². The molecule has 0 aliphatic heterocycles. The van der Waals surface area contributed by atoms with Gasteiger partial charge in [-0.3, -0.25) is 4.79 Å². The summed E-state index contributed by atoms with van der Waals surface area (Å²) in [6.45, 7) is 0.634. The van der Waals surface area contributed by atoms with Gasteiger partial charge in [0.15, 0.2) is 12.1 Å². The Labute approximate surface area is 147 Å². The average molecular weight is 340 g/mol. The van der Waals surface area contributed by atoms with Crippen molar-refractivity contribution in [3.63, 3.8) is 0 Å². The normalized spacial score (nSPS) is 18.9. The summed E-state index contributed by atoms with van der Waals surface area (Å²) in [5, 5.41) is 3.13. The molecule has 2 aliphatic carbocycles. The summed E-state index contributed by atoms with van der Waals surface area (Å²) in [5.41, 5.74) is 1.74. The first-order valence-corrected chi connectivity index (χ1v) is 9.08. The molecule has 4 rings (SSSR count). The number of oxazole rings is 1. The molecule has 2 saturated carbocycles. The van der Waals surface area contributed by atoms with Crippen LogP contribution in [0.2, 0.25) is 0 Å². The minimum atomic E-state index is -0.115. The molecule has 2 fully saturated rings. The lowest BCUT2D eigenvalue weighted by Gasteiger charge is -2.30. The number of carbonyl (C=O) groups excluding carboxylic acids is 1. The van der Waals surface area contributed by atoms with Gasteiger partial charge in [-0.05, 0) is 43.4 Å². The molecule has 0 spiro atoms. The highest BCUT2D eigenvalue weighted by atomic mass is 16.5. The highest BCUT2D eigenvalue weighted by Gasteiger charge is 2.37. The van der Waals surface area contributed by atoms with Crippen LogP contribution in [-0.4, -0.2) is 24.5 Å². The van der Waals surface area contributed by atoms with Gasteiger partial charge in [0.05, 0.1) is 7.11 Å². The van der Waals surface area contributed by atoms with E-state index < -0.39 is 0 Å². The number of rotatable bonds is 6. The summed E-state index contributed by atoms with van der Waals surface area (Å²) in [4.78, 5) is 16.8. The predicted molar refractivity (Wildman–Crippen MR) is 94.0 cm³/mol. The van der Waals surface area contributed by atoms with Crippen LogP contribution in [0.3, 0.4) is 0 Å². The number of hydrogen-bond donors (Lipinski definition) is 1. The molecule has 5 heteroatoms. The number of nitrogens with zero attached hydrogens (tertiary/aromatic N) is 1. The van der Waals surface area contributed by atoms with E-state index in [2.05, 4.69) is 22.4 Å². The van der Waals surface area contributed by atoms with Crippen molar-refractivity contribution in [2.75, 3.05) is 13.7 Å². The fourth-order valence-electron chi connectivity index (χ4n) is 3.96. The Morgan fingerprint density at radius 3 is 2.64 bits per heavy atom. The lowest BCUT2D eigenvalue weighted by Crippen LogP contribution is -2.39. The predicted octanol–water partition coefficient (Wildman–Crippen LogP) is 3.80. The minimum absolute atomic E-state index is 0.00537. The molecule has 2 aromatic rings. The highest BCUT2D eigenvalue weighted by molar-refractivity contribution is 5.93. The van der Waals surface area contributed by atoms with Crippen LogP contribution in [0.4, 0.5) is 0 Å². The number of amides is 1. The van der Waals surface area contributed by atoms with Crippen molar-refractivity contribution in [3.05, 3.63) is 47.7 Å². The molecule has 1 amide bonds. The van der Waals surface area contributed by atoms with Gasteiger partial charge in [0, 0.05) is 17.9 Å². The van der Waals surface area contributed by atoms with Crippen molar-refractivity contribution in [1.29, 1.82) is 0 Å². The largest absolute Gasteiger partial charge is 0.497 e. The van der Waals surface area contributed by atoms with Gasteiger partial charge in [0.2, 0.25) is 0 Å². The van der Waals surface area contributed by atoms with Crippen LogP contribution in [-0.2, 0) is 5.41 Å². The van der Waals surface area contributed by atoms with Gasteiger partial charge >= 0.3 is 0 Å². The molecule has 2 aliphatic rings. The van der Waals surface area contributed by atoms with E-state index in [4.69, 9.17) is 9.15 Å². The van der Waals surface area contributed by atoms with E-state index in [-0.39, 0.29) is 11.3 Å². The molecule has 0 saturated heterocycles. The fourth-order valence-corrected chi connectivity index (χ4v) is 3.96. The maximum atomic E-state index is 12.6. The zero-order valence-corrected chi connectivity index (χ0v) is 14.6. The second-order valence-corrected chi connectivity index (χ2v) is 7.24. The number of nitrogens with one attached hydrogen (secondary N) is 1. The second-order valence-electron chi connectivity index (χ2n) is 7.24. The van der Waals surface area contributed by atoms with Gasteiger partial charge in [0.25, 0.3) is 5.91 Å². The second kappa shape index (κ2) is 6.54. The lowest BCUT2D eigenvalue weighted by atomic mass is 9.78. The molecule has 0 bridgehead atoms. The molecule has 1 N–H and O–H groups in total. The van der Waals surface area contributed by atoms with Crippen LogP contribution >= 0.6 is 0 Å².